The summed E-state index contributed by atoms with van der Waals surface area (Å²) in [6.45, 7) is 4.72. The van der Waals surface area contributed by atoms with Gasteiger partial charge in [-0.05, 0) is 31.1 Å². The Morgan fingerprint density at radius 3 is 2.36 bits per heavy atom. The molecule has 0 saturated carbocycles. The van der Waals surface area contributed by atoms with Gasteiger partial charge in [-0.3, -0.25) is 4.79 Å². The fourth-order valence-corrected chi connectivity index (χ4v) is 2.29. The molecule has 0 aliphatic carbocycles. The molecular formula is C21H23NO3. The molecule has 0 radical (unpaired) electrons. The van der Waals surface area contributed by atoms with Crippen LogP contribution in [0.1, 0.15) is 23.6 Å². The number of hydrogen-bond acceptors (Lipinski definition) is 3. The average Bonchev–Trinajstić information content (AvgIpc) is 2.64. The van der Waals surface area contributed by atoms with Crippen molar-refractivity contribution in [2.45, 2.75) is 20.4 Å². The van der Waals surface area contributed by atoms with Crippen LogP contribution in [-0.2, 0) is 20.9 Å². The number of likely N-dealkylation sites (N-methyl/N-ethyl adjacent to an activating group) is 1. The smallest absolute Gasteiger partial charge is 0.331 e. The van der Waals surface area contributed by atoms with E-state index in [1.165, 1.54) is 6.08 Å². The van der Waals surface area contributed by atoms with E-state index < -0.39 is 5.97 Å². The molecule has 0 unspecified atom stereocenters. The van der Waals surface area contributed by atoms with Gasteiger partial charge in [-0.1, -0.05) is 60.2 Å². The molecule has 2 aromatic rings. The van der Waals surface area contributed by atoms with Gasteiger partial charge >= 0.3 is 5.97 Å². The predicted molar refractivity (Wildman–Crippen MR) is 98.7 cm³/mol. The molecule has 4 nitrogen and oxygen atoms in total. The Hall–Kier alpha value is -2.88. The van der Waals surface area contributed by atoms with Crippen molar-refractivity contribution in [2.75, 3.05) is 13.2 Å². The highest BCUT2D eigenvalue weighted by Gasteiger charge is 2.13. The molecule has 1 amide bonds. The monoisotopic (exact) mass is 337 g/mol. The topological polar surface area (TPSA) is 46.6 Å². The van der Waals surface area contributed by atoms with Crippen molar-refractivity contribution in [3.63, 3.8) is 0 Å². The van der Waals surface area contributed by atoms with Crippen molar-refractivity contribution in [3.8, 4) is 0 Å². The third kappa shape index (κ3) is 6.26. The molecule has 0 aliphatic rings. The molecule has 0 aromatic heterocycles. The molecule has 0 atom stereocenters. The summed E-state index contributed by atoms with van der Waals surface area (Å²) in [7, 11) is 0. The molecule has 0 heterocycles. The van der Waals surface area contributed by atoms with Crippen LogP contribution in [0.25, 0.3) is 6.08 Å². The van der Waals surface area contributed by atoms with Crippen LogP contribution in [0.5, 0.6) is 0 Å². The number of ether oxygens (including phenoxy) is 1. The minimum atomic E-state index is -0.523. The second kappa shape index (κ2) is 9.42. The van der Waals surface area contributed by atoms with Crippen LogP contribution in [0.2, 0.25) is 0 Å². The number of hydrogen-bond donors (Lipinski definition) is 0. The van der Waals surface area contributed by atoms with Crippen LogP contribution >= 0.6 is 0 Å². The average molecular weight is 337 g/mol. The van der Waals surface area contributed by atoms with Gasteiger partial charge in [0.05, 0.1) is 0 Å². The van der Waals surface area contributed by atoms with Crippen molar-refractivity contribution in [3.05, 3.63) is 77.4 Å². The third-order valence-corrected chi connectivity index (χ3v) is 3.78. The van der Waals surface area contributed by atoms with Crippen LogP contribution in [0.15, 0.2) is 60.7 Å². The zero-order valence-electron chi connectivity index (χ0n) is 14.6. The van der Waals surface area contributed by atoms with E-state index in [2.05, 4.69) is 0 Å². The highest BCUT2D eigenvalue weighted by atomic mass is 16.5. The SMILES string of the molecule is CCN(Cc1ccccc1)C(=O)COC(=O)/C=C/c1ccc(C)cc1. The first-order valence-corrected chi connectivity index (χ1v) is 8.31. The van der Waals surface area contributed by atoms with E-state index >= 15 is 0 Å². The van der Waals surface area contributed by atoms with Gasteiger partial charge in [-0.15, -0.1) is 0 Å². The maximum absolute atomic E-state index is 12.2. The molecule has 4 heteroatoms. The van der Waals surface area contributed by atoms with Gasteiger partial charge in [0.1, 0.15) is 0 Å². The molecule has 0 spiro atoms. The standard InChI is InChI=1S/C21H23NO3/c1-3-22(15-19-7-5-4-6-8-19)20(23)16-25-21(24)14-13-18-11-9-17(2)10-12-18/h4-14H,3,15-16H2,1-2H3/b14-13+. The van der Waals surface area contributed by atoms with Gasteiger partial charge in [0.15, 0.2) is 6.61 Å². The Morgan fingerprint density at radius 2 is 1.72 bits per heavy atom. The first-order valence-electron chi connectivity index (χ1n) is 8.31. The molecular weight excluding hydrogens is 314 g/mol. The first-order chi connectivity index (χ1) is 12.1. The lowest BCUT2D eigenvalue weighted by Crippen LogP contribution is -2.33. The van der Waals surface area contributed by atoms with Crippen LogP contribution in [0, 0.1) is 6.92 Å². The minimum Gasteiger partial charge on any atom is -0.452 e. The van der Waals surface area contributed by atoms with E-state index in [1.54, 1.807) is 11.0 Å². The van der Waals surface area contributed by atoms with Crippen molar-refractivity contribution < 1.29 is 14.3 Å². The van der Waals surface area contributed by atoms with E-state index in [0.29, 0.717) is 13.1 Å². The van der Waals surface area contributed by atoms with Crippen LogP contribution in [-0.4, -0.2) is 29.9 Å². The number of benzene rings is 2. The summed E-state index contributed by atoms with van der Waals surface area (Å²) in [5.74, 6) is -0.729. The van der Waals surface area contributed by atoms with Crippen LogP contribution < -0.4 is 0 Å². The summed E-state index contributed by atoms with van der Waals surface area (Å²) >= 11 is 0. The van der Waals surface area contributed by atoms with Crippen molar-refractivity contribution in [1.82, 2.24) is 4.90 Å². The summed E-state index contributed by atoms with van der Waals surface area (Å²) in [5.41, 5.74) is 3.11. The van der Waals surface area contributed by atoms with Gasteiger partial charge in [0.25, 0.3) is 5.91 Å². The van der Waals surface area contributed by atoms with Gasteiger partial charge in [-0.2, -0.15) is 0 Å². The summed E-state index contributed by atoms with van der Waals surface area (Å²) in [5, 5.41) is 0. The normalized spacial score (nSPS) is 10.6. The Balaban J connectivity index is 1.83. The Kier molecular flexibility index (Phi) is 6.96. The molecule has 2 rings (SSSR count). The van der Waals surface area contributed by atoms with E-state index in [4.69, 9.17) is 4.74 Å². The maximum Gasteiger partial charge on any atom is 0.331 e. The number of aryl methyl sites for hydroxylation is 1. The second-order valence-electron chi connectivity index (χ2n) is 5.75. The molecule has 0 saturated heterocycles. The summed E-state index contributed by atoms with van der Waals surface area (Å²) in [4.78, 5) is 25.7. The number of carbonyl (C=O) groups excluding carboxylic acids is 2. The third-order valence-electron chi connectivity index (χ3n) is 3.78. The van der Waals surface area contributed by atoms with Crippen LogP contribution in [0.4, 0.5) is 0 Å². The zero-order chi connectivity index (χ0) is 18.1. The highest BCUT2D eigenvalue weighted by molar-refractivity contribution is 5.89. The molecule has 0 bridgehead atoms. The molecule has 0 fully saturated rings. The second-order valence-corrected chi connectivity index (χ2v) is 5.75. The summed E-state index contributed by atoms with van der Waals surface area (Å²) < 4.78 is 5.05. The molecule has 0 N–H and O–H groups in total. The predicted octanol–water partition coefficient (Wildman–Crippen LogP) is 3.60. The lowest BCUT2D eigenvalue weighted by atomic mass is 10.1. The van der Waals surface area contributed by atoms with Crippen molar-refractivity contribution in [2.24, 2.45) is 0 Å². The number of carbonyl (C=O) groups is 2. The Labute approximate surface area is 148 Å². The zero-order valence-corrected chi connectivity index (χ0v) is 14.6. The van der Waals surface area contributed by atoms with Crippen LogP contribution in [0.3, 0.4) is 0 Å². The number of amides is 1. The minimum absolute atomic E-state index is 0.205. The highest BCUT2D eigenvalue weighted by Crippen LogP contribution is 2.06. The van der Waals surface area contributed by atoms with Crippen molar-refractivity contribution >= 4 is 18.0 Å². The van der Waals surface area contributed by atoms with Gasteiger partial charge < -0.3 is 9.64 Å². The van der Waals surface area contributed by atoms with Crippen molar-refractivity contribution in [1.29, 1.82) is 0 Å². The summed E-state index contributed by atoms with van der Waals surface area (Å²) in [6.07, 6.45) is 3.01. The lowest BCUT2D eigenvalue weighted by Gasteiger charge is -2.20. The van der Waals surface area contributed by atoms with E-state index in [1.807, 2.05) is 68.4 Å². The fraction of sp³-hybridized carbons (Fsp3) is 0.238. The van der Waals surface area contributed by atoms with Gasteiger partial charge in [0.2, 0.25) is 0 Å². The molecule has 2 aromatic carbocycles. The molecule has 25 heavy (non-hydrogen) atoms. The number of esters is 1. The Morgan fingerprint density at radius 1 is 1.04 bits per heavy atom. The molecule has 0 aliphatic heterocycles. The van der Waals surface area contributed by atoms with E-state index in [0.717, 1.165) is 16.7 Å². The Bertz CT molecular complexity index is 721. The molecule has 130 valence electrons. The maximum atomic E-state index is 12.2. The fourth-order valence-electron chi connectivity index (χ4n) is 2.29. The quantitative estimate of drug-likeness (QED) is 0.573. The lowest BCUT2D eigenvalue weighted by molar-refractivity contribution is -0.148. The van der Waals surface area contributed by atoms with Gasteiger partial charge in [-0.25, -0.2) is 4.79 Å². The first kappa shape index (κ1) is 18.5. The summed E-state index contributed by atoms with van der Waals surface area (Å²) in [6, 6.07) is 17.5. The number of nitrogens with zero attached hydrogens (tertiary/aromatic N) is 1. The number of rotatable bonds is 7. The van der Waals surface area contributed by atoms with E-state index in [9.17, 15) is 9.59 Å². The van der Waals surface area contributed by atoms with E-state index in [-0.39, 0.29) is 12.5 Å². The largest absolute Gasteiger partial charge is 0.452 e. The van der Waals surface area contributed by atoms with Gasteiger partial charge in [0, 0.05) is 19.2 Å².